The van der Waals surface area contributed by atoms with Gasteiger partial charge >= 0.3 is 0 Å². The molecule has 0 aliphatic heterocycles. The lowest BCUT2D eigenvalue weighted by atomic mass is 9.98. The summed E-state index contributed by atoms with van der Waals surface area (Å²) in [6, 6.07) is 26.7. The predicted octanol–water partition coefficient (Wildman–Crippen LogP) is 5.53. The Balaban J connectivity index is 1.68. The van der Waals surface area contributed by atoms with Gasteiger partial charge in [0.25, 0.3) is 5.91 Å². The molecule has 0 radical (unpaired) electrons. The molecule has 1 atom stereocenters. The minimum atomic E-state index is -0.0226. The molecule has 2 heteroatoms. The molecule has 27 heavy (non-hydrogen) atoms. The summed E-state index contributed by atoms with van der Waals surface area (Å²) in [4.78, 5) is 12.9. The fraction of sp³-hybridized carbons (Fsp3) is 0.240. The van der Waals surface area contributed by atoms with Crippen molar-refractivity contribution in [2.45, 2.75) is 39.2 Å². The summed E-state index contributed by atoms with van der Waals surface area (Å²) in [5.41, 5.74) is 5.58. The second-order valence-corrected chi connectivity index (χ2v) is 6.93. The van der Waals surface area contributed by atoms with Gasteiger partial charge in [-0.1, -0.05) is 79.7 Å². The van der Waals surface area contributed by atoms with Gasteiger partial charge in [0.05, 0.1) is 6.04 Å². The van der Waals surface area contributed by atoms with E-state index in [1.54, 1.807) is 0 Å². The number of carbonyl (C=O) groups excluding carboxylic acids is 1. The van der Waals surface area contributed by atoms with Crippen LogP contribution in [0.2, 0.25) is 0 Å². The largest absolute Gasteiger partial charge is 0.346 e. The number of hydrogen-bond donors (Lipinski definition) is 1. The highest BCUT2D eigenvalue weighted by Crippen LogP contribution is 2.17. The highest BCUT2D eigenvalue weighted by atomic mass is 16.1. The van der Waals surface area contributed by atoms with Crippen LogP contribution < -0.4 is 5.32 Å². The molecule has 3 aromatic carbocycles. The smallest absolute Gasteiger partial charge is 0.252 e. The Bertz CT molecular complexity index is 868. The fourth-order valence-corrected chi connectivity index (χ4v) is 3.28. The maximum Gasteiger partial charge on any atom is 0.252 e. The van der Waals surface area contributed by atoms with Gasteiger partial charge in [-0.2, -0.15) is 0 Å². The fourth-order valence-electron chi connectivity index (χ4n) is 3.28. The number of amides is 1. The molecule has 1 N–H and O–H groups in total. The maximum absolute atomic E-state index is 12.9. The van der Waals surface area contributed by atoms with Gasteiger partial charge in [-0.3, -0.25) is 4.79 Å². The zero-order valence-corrected chi connectivity index (χ0v) is 16.1. The molecule has 0 heterocycles. The minimum absolute atomic E-state index is 0.00858. The lowest BCUT2D eigenvalue weighted by Crippen LogP contribution is -2.27. The number of rotatable bonds is 7. The first kappa shape index (κ1) is 18.9. The SMILES string of the molecule is CCc1ccc([C@@H](C)NC(=O)c2ccccc2CCc2ccccc2)cc1. The summed E-state index contributed by atoms with van der Waals surface area (Å²) in [7, 11) is 0. The van der Waals surface area contributed by atoms with Crippen molar-refractivity contribution in [3.8, 4) is 0 Å². The van der Waals surface area contributed by atoms with Crippen molar-refractivity contribution in [1.82, 2.24) is 5.32 Å². The summed E-state index contributed by atoms with van der Waals surface area (Å²) in [5.74, 6) is -0.00858. The molecule has 0 aliphatic carbocycles. The number of nitrogens with one attached hydrogen (secondary N) is 1. The summed E-state index contributed by atoms with van der Waals surface area (Å²) >= 11 is 0. The molecule has 0 fully saturated rings. The average Bonchev–Trinajstić information content (AvgIpc) is 2.73. The molecule has 0 aliphatic rings. The van der Waals surface area contributed by atoms with E-state index in [0.717, 1.165) is 36.0 Å². The first-order chi connectivity index (χ1) is 13.2. The first-order valence-electron chi connectivity index (χ1n) is 9.69. The van der Waals surface area contributed by atoms with Crippen LogP contribution in [-0.2, 0) is 19.3 Å². The van der Waals surface area contributed by atoms with Gasteiger partial charge in [-0.25, -0.2) is 0 Å². The Hall–Kier alpha value is -2.87. The van der Waals surface area contributed by atoms with Gasteiger partial charge in [0.1, 0.15) is 0 Å². The maximum atomic E-state index is 12.9. The van der Waals surface area contributed by atoms with Crippen molar-refractivity contribution >= 4 is 5.91 Å². The Morgan fingerprint density at radius 1 is 0.815 bits per heavy atom. The molecule has 0 saturated heterocycles. The van der Waals surface area contributed by atoms with E-state index in [1.807, 2.05) is 31.2 Å². The highest BCUT2D eigenvalue weighted by molar-refractivity contribution is 5.95. The van der Waals surface area contributed by atoms with E-state index in [2.05, 4.69) is 66.8 Å². The topological polar surface area (TPSA) is 29.1 Å². The first-order valence-corrected chi connectivity index (χ1v) is 9.69. The number of benzene rings is 3. The van der Waals surface area contributed by atoms with Crippen molar-refractivity contribution in [2.24, 2.45) is 0 Å². The third-order valence-corrected chi connectivity index (χ3v) is 5.02. The molecule has 0 unspecified atom stereocenters. The molecule has 0 aromatic heterocycles. The van der Waals surface area contributed by atoms with E-state index >= 15 is 0 Å². The van der Waals surface area contributed by atoms with Crippen molar-refractivity contribution < 1.29 is 4.79 Å². The van der Waals surface area contributed by atoms with Crippen molar-refractivity contribution in [3.05, 3.63) is 107 Å². The van der Waals surface area contributed by atoms with Gasteiger partial charge in [0.2, 0.25) is 0 Å². The number of aryl methyl sites for hydroxylation is 3. The molecule has 3 aromatic rings. The van der Waals surface area contributed by atoms with E-state index in [-0.39, 0.29) is 11.9 Å². The summed E-state index contributed by atoms with van der Waals surface area (Å²) < 4.78 is 0. The quantitative estimate of drug-likeness (QED) is 0.592. The molecule has 138 valence electrons. The molecule has 3 rings (SSSR count). The van der Waals surface area contributed by atoms with Gasteiger partial charge in [0, 0.05) is 5.56 Å². The second-order valence-electron chi connectivity index (χ2n) is 6.93. The zero-order chi connectivity index (χ0) is 19.1. The van der Waals surface area contributed by atoms with E-state index in [1.165, 1.54) is 11.1 Å². The second kappa shape index (κ2) is 9.18. The van der Waals surface area contributed by atoms with Crippen molar-refractivity contribution in [1.29, 1.82) is 0 Å². The van der Waals surface area contributed by atoms with Crippen LogP contribution in [0.3, 0.4) is 0 Å². The molecular weight excluding hydrogens is 330 g/mol. The minimum Gasteiger partial charge on any atom is -0.346 e. The van der Waals surface area contributed by atoms with Crippen LogP contribution in [0.5, 0.6) is 0 Å². The van der Waals surface area contributed by atoms with Crippen LogP contribution >= 0.6 is 0 Å². The van der Waals surface area contributed by atoms with Crippen LogP contribution in [0.25, 0.3) is 0 Å². The van der Waals surface area contributed by atoms with E-state index in [9.17, 15) is 4.79 Å². The Morgan fingerprint density at radius 3 is 2.19 bits per heavy atom. The van der Waals surface area contributed by atoms with Gasteiger partial charge in [-0.05, 0) is 54.5 Å². The van der Waals surface area contributed by atoms with Crippen molar-refractivity contribution in [2.75, 3.05) is 0 Å². The Kier molecular flexibility index (Phi) is 6.43. The monoisotopic (exact) mass is 357 g/mol. The molecule has 0 spiro atoms. The Labute approximate surface area is 162 Å². The van der Waals surface area contributed by atoms with Gasteiger partial charge < -0.3 is 5.32 Å². The summed E-state index contributed by atoms with van der Waals surface area (Å²) in [6.07, 6.45) is 2.81. The van der Waals surface area contributed by atoms with Crippen molar-refractivity contribution in [3.63, 3.8) is 0 Å². The average molecular weight is 357 g/mol. The zero-order valence-electron chi connectivity index (χ0n) is 16.1. The lowest BCUT2D eigenvalue weighted by Gasteiger charge is -2.16. The number of hydrogen-bond acceptors (Lipinski definition) is 1. The van der Waals surface area contributed by atoms with E-state index < -0.39 is 0 Å². The van der Waals surface area contributed by atoms with Crippen LogP contribution in [0.15, 0.2) is 78.9 Å². The Morgan fingerprint density at radius 2 is 1.48 bits per heavy atom. The third-order valence-electron chi connectivity index (χ3n) is 5.02. The normalized spacial score (nSPS) is 11.8. The molecule has 0 bridgehead atoms. The van der Waals surface area contributed by atoms with Crippen LogP contribution in [0.4, 0.5) is 0 Å². The van der Waals surface area contributed by atoms with Crippen LogP contribution in [0.1, 0.15) is 52.5 Å². The summed E-state index contributed by atoms with van der Waals surface area (Å²) in [6.45, 7) is 4.18. The van der Waals surface area contributed by atoms with Crippen LogP contribution in [-0.4, -0.2) is 5.91 Å². The highest BCUT2D eigenvalue weighted by Gasteiger charge is 2.14. The van der Waals surface area contributed by atoms with E-state index in [0.29, 0.717) is 0 Å². The molecule has 2 nitrogen and oxygen atoms in total. The standard InChI is InChI=1S/C25H27NO/c1-3-20-13-16-22(17-14-20)19(2)26-25(27)24-12-8-7-11-23(24)18-15-21-9-5-4-6-10-21/h4-14,16-17,19H,3,15,18H2,1-2H3,(H,26,27)/t19-/m1/s1. The van der Waals surface area contributed by atoms with Crippen LogP contribution in [0, 0.1) is 0 Å². The van der Waals surface area contributed by atoms with Gasteiger partial charge in [-0.15, -0.1) is 0 Å². The number of carbonyl (C=O) groups is 1. The third kappa shape index (κ3) is 5.07. The molecule has 1 amide bonds. The van der Waals surface area contributed by atoms with E-state index in [4.69, 9.17) is 0 Å². The van der Waals surface area contributed by atoms with Gasteiger partial charge in [0.15, 0.2) is 0 Å². The summed E-state index contributed by atoms with van der Waals surface area (Å²) in [5, 5.41) is 3.15. The molecular formula is C25H27NO. The predicted molar refractivity (Wildman–Crippen MR) is 112 cm³/mol. The lowest BCUT2D eigenvalue weighted by molar-refractivity contribution is 0.0939. The molecule has 0 saturated carbocycles.